The van der Waals surface area contributed by atoms with Gasteiger partial charge in [-0.2, -0.15) is 5.26 Å². The Morgan fingerprint density at radius 2 is 2.06 bits per heavy atom. The molecule has 0 saturated heterocycles. The maximum absolute atomic E-state index is 12.0. The highest BCUT2D eigenvalue weighted by Crippen LogP contribution is 2.35. The van der Waals surface area contributed by atoms with Crippen molar-refractivity contribution in [3.8, 4) is 6.07 Å². The van der Waals surface area contributed by atoms with Gasteiger partial charge in [-0.25, -0.2) is 0 Å². The number of carbonyl (C=O) groups is 1. The molecule has 1 atom stereocenters. The topological polar surface area (TPSA) is 70.0 Å². The maximum atomic E-state index is 12.0. The van der Waals surface area contributed by atoms with Crippen LogP contribution in [0.1, 0.15) is 39.0 Å². The minimum absolute atomic E-state index is 0.173. The number of nitriles is 1. The van der Waals surface area contributed by atoms with Crippen LogP contribution in [-0.4, -0.2) is 28.2 Å². The van der Waals surface area contributed by atoms with Gasteiger partial charge in [0.1, 0.15) is 5.41 Å². The Balaban J connectivity index is 2.45. The molecule has 0 spiro atoms. The normalized spacial score (nSPS) is 20.2. The van der Waals surface area contributed by atoms with Gasteiger partial charge in [0.15, 0.2) is 0 Å². The smallest absolute Gasteiger partial charge is 0.240 e. The van der Waals surface area contributed by atoms with E-state index in [9.17, 15) is 14.3 Å². The monoisotopic (exact) mass is 256 g/mol. The van der Waals surface area contributed by atoms with Gasteiger partial charge >= 0.3 is 0 Å². The molecule has 0 aromatic rings. The van der Waals surface area contributed by atoms with Crippen molar-refractivity contribution in [3.05, 3.63) is 0 Å². The van der Waals surface area contributed by atoms with Crippen molar-refractivity contribution in [1.82, 2.24) is 5.32 Å². The Kier molecular flexibility index (Phi) is 5.63. The van der Waals surface area contributed by atoms with E-state index in [0.717, 1.165) is 19.3 Å². The van der Waals surface area contributed by atoms with Crippen LogP contribution in [0.15, 0.2) is 0 Å². The summed E-state index contributed by atoms with van der Waals surface area (Å²) in [6.45, 7) is 2.26. The molecule has 96 valence electrons. The molecule has 1 fully saturated rings. The van der Waals surface area contributed by atoms with Crippen LogP contribution in [0.25, 0.3) is 0 Å². The van der Waals surface area contributed by atoms with E-state index < -0.39 is 16.2 Å². The third-order valence-corrected chi connectivity index (χ3v) is 4.60. The first-order valence-electron chi connectivity index (χ1n) is 6.19. The number of amides is 1. The highest BCUT2D eigenvalue weighted by molar-refractivity contribution is 7.84. The van der Waals surface area contributed by atoms with Gasteiger partial charge in [-0.1, -0.05) is 26.2 Å². The van der Waals surface area contributed by atoms with Crippen LogP contribution < -0.4 is 5.32 Å². The summed E-state index contributed by atoms with van der Waals surface area (Å²) in [7, 11) is -0.861. The summed E-state index contributed by atoms with van der Waals surface area (Å²) >= 11 is 0. The average molecular weight is 256 g/mol. The maximum Gasteiger partial charge on any atom is 0.240 e. The molecule has 1 aliphatic carbocycles. The number of rotatable bonds is 5. The third-order valence-electron chi connectivity index (χ3n) is 3.29. The molecule has 0 aliphatic heterocycles. The van der Waals surface area contributed by atoms with Crippen molar-refractivity contribution >= 4 is 16.7 Å². The number of hydrogen-bond donors (Lipinski definition) is 1. The van der Waals surface area contributed by atoms with E-state index in [2.05, 4.69) is 11.4 Å². The molecular weight excluding hydrogens is 236 g/mol. The predicted octanol–water partition coefficient (Wildman–Crippen LogP) is 1.35. The van der Waals surface area contributed by atoms with Gasteiger partial charge in [0, 0.05) is 28.9 Å². The summed E-state index contributed by atoms with van der Waals surface area (Å²) in [5.41, 5.74) is -0.827. The molecule has 4 nitrogen and oxygen atoms in total. The van der Waals surface area contributed by atoms with E-state index in [1.807, 2.05) is 6.92 Å². The first-order chi connectivity index (χ1) is 8.14. The van der Waals surface area contributed by atoms with Crippen LogP contribution in [0.2, 0.25) is 0 Å². The van der Waals surface area contributed by atoms with Crippen LogP contribution in [0, 0.1) is 16.7 Å². The second-order valence-electron chi connectivity index (χ2n) is 4.44. The molecule has 0 radical (unpaired) electrons. The molecule has 17 heavy (non-hydrogen) atoms. The van der Waals surface area contributed by atoms with Crippen LogP contribution in [-0.2, 0) is 15.6 Å². The Hall–Kier alpha value is -0.890. The first kappa shape index (κ1) is 14.2. The molecule has 1 amide bonds. The zero-order valence-corrected chi connectivity index (χ0v) is 11.1. The standard InChI is InChI=1S/C12H20N2O2S/c1-2-17(16)9-8-14-11(15)12(10-13)6-4-3-5-7-12/h2-9H2,1H3,(H,14,15). The van der Waals surface area contributed by atoms with Gasteiger partial charge in [0.25, 0.3) is 0 Å². The number of carbonyl (C=O) groups excluding carboxylic acids is 1. The van der Waals surface area contributed by atoms with Crippen molar-refractivity contribution in [1.29, 1.82) is 5.26 Å². The van der Waals surface area contributed by atoms with E-state index in [1.165, 1.54) is 0 Å². The highest BCUT2D eigenvalue weighted by Gasteiger charge is 2.39. The van der Waals surface area contributed by atoms with Crippen LogP contribution in [0.5, 0.6) is 0 Å². The number of hydrogen-bond acceptors (Lipinski definition) is 3. The Labute approximate surface area is 105 Å². The van der Waals surface area contributed by atoms with Crippen molar-refractivity contribution < 1.29 is 9.00 Å². The summed E-state index contributed by atoms with van der Waals surface area (Å²) in [4.78, 5) is 12.0. The van der Waals surface area contributed by atoms with Crippen LogP contribution in [0.4, 0.5) is 0 Å². The van der Waals surface area contributed by atoms with Gasteiger partial charge < -0.3 is 5.32 Å². The Morgan fingerprint density at radius 3 is 2.59 bits per heavy atom. The molecule has 0 bridgehead atoms. The molecule has 0 aromatic carbocycles. The zero-order chi connectivity index (χ0) is 12.7. The van der Waals surface area contributed by atoms with E-state index in [0.29, 0.717) is 30.9 Å². The summed E-state index contributed by atoms with van der Waals surface area (Å²) in [6, 6.07) is 2.18. The van der Waals surface area contributed by atoms with Crippen molar-refractivity contribution in [2.75, 3.05) is 18.1 Å². The molecule has 1 saturated carbocycles. The quantitative estimate of drug-likeness (QED) is 0.807. The third kappa shape index (κ3) is 3.81. The summed E-state index contributed by atoms with van der Waals surface area (Å²) in [6.07, 6.45) is 4.32. The molecule has 1 N–H and O–H groups in total. The first-order valence-corrected chi connectivity index (χ1v) is 7.68. The van der Waals surface area contributed by atoms with E-state index >= 15 is 0 Å². The Bertz CT molecular complexity index is 330. The van der Waals surface area contributed by atoms with Gasteiger partial charge in [-0.05, 0) is 12.8 Å². The van der Waals surface area contributed by atoms with Gasteiger partial charge in [-0.15, -0.1) is 0 Å². The number of nitrogens with zero attached hydrogens (tertiary/aromatic N) is 1. The van der Waals surface area contributed by atoms with Gasteiger partial charge in [0.2, 0.25) is 5.91 Å². The van der Waals surface area contributed by atoms with Gasteiger partial charge in [-0.3, -0.25) is 9.00 Å². The number of nitrogens with one attached hydrogen (secondary N) is 1. The second kappa shape index (κ2) is 6.75. The summed E-state index contributed by atoms with van der Waals surface area (Å²) in [5, 5.41) is 12.0. The highest BCUT2D eigenvalue weighted by atomic mass is 32.2. The molecule has 1 unspecified atom stereocenters. The Morgan fingerprint density at radius 1 is 1.41 bits per heavy atom. The minimum Gasteiger partial charge on any atom is -0.354 e. The lowest BCUT2D eigenvalue weighted by Gasteiger charge is -2.29. The summed E-state index contributed by atoms with van der Waals surface area (Å²) < 4.78 is 11.2. The SMILES string of the molecule is CCS(=O)CCNC(=O)C1(C#N)CCCCC1. The van der Waals surface area contributed by atoms with E-state index in [1.54, 1.807) is 0 Å². The molecule has 0 heterocycles. The second-order valence-corrected chi connectivity index (χ2v) is 6.31. The van der Waals surface area contributed by atoms with Crippen molar-refractivity contribution in [2.45, 2.75) is 39.0 Å². The molecule has 5 heteroatoms. The lowest BCUT2D eigenvalue weighted by atomic mass is 9.74. The van der Waals surface area contributed by atoms with Crippen molar-refractivity contribution in [2.24, 2.45) is 5.41 Å². The lowest BCUT2D eigenvalue weighted by Crippen LogP contribution is -2.42. The summed E-state index contributed by atoms with van der Waals surface area (Å²) in [5.74, 6) is 0.913. The van der Waals surface area contributed by atoms with Crippen LogP contribution in [0.3, 0.4) is 0 Å². The lowest BCUT2D eigenvalue weighted by molar-refractivity contribution is -0.129. The minimum atomic E-state index is -0.861. The fourth-order valence-corrected chi connectivity index (χ4v) is 2.76. The van der Waals surface area contributed by atoms with E-state index in [-0.39, 0.29) is 5.91 Å². The fourth-order valence-electron chi connectivity index (χ4n) is 2.14. The van der Waals surface area contributed by atoms with Crippen LogP contribution >= 0.6 is 0 Å². The van der Waals surface area contributed by atoms with E-state index in [4.69, 9.17) is 0 Å². The predicted molar refractivity (Wildman–Crippen MR) is 67.7 cm³/mol. The largest absolute Gasteiger partial charge is 0.354 e. The zero-order valence-electron chi connectivity index (χ0n) is 10.3. The van der Waals surface area contributed by atoms with Gasteiger partial charge in [0.05, 0.1) is 6.07 Å². The van der Waals surface area contributed by atoms with Crippen molar-refractivity contribution in [3.63, 3.8) is 0 Å². The molecule has 1 aliphatic rings. The molecular formula is C12H20N2O2S. The average Bonchev–Trinajstić information content (AvgIpc) is 2.39. The molecule has 0 aromatic heterocycles. The fraction of sp³-hybridized carbons (Fsp3) is 0.833. The molecule has 1 rings (SSSR count).